The van der Waals surface area contributed by atoms with Gasteiger partial charge in [0.15, 0.2) is 0 Å². The van der Waals surface area contributed by atoms with Gasteiger partial charge in [-0.25, -0.2) is 5.06 Å². The third-order valence-corrected chi connectivity index (χ3v) is 1.76. The third-order valence-electron chi connectivity index (χ3n) is 1.41. The zero-order valence-corrected chi connectivity index (χ0v) is 7.82. The number of rotatable bonds is 3. The summed E-state index contributed by atoms with van der Waals surface area (Å²) in [6.45, 7) is 0. The van der Waals surface area contributed by atoms with Crippen LogP contribution in [0.15, 0.2) is 24.3 Å². The van der Waals surface area contributed by atoms with Crippen molar-refractivity contribution in [1.82, 2.24) is 0 Å². The molecule has 68 valence electrons. The van der Waals surface area contributed by atoms with E-state index in [2.05, 4.69) is 4.28 Å². The average Bonchev–Trinajstić information content (AvgIpc) is 2.03. The number of hydrogen-bond donors (Lipinski definition) is 1. The molecule has 1 atom stereocenters. The number of nitrogens with zero attached hydrogens (tertiary/aromatic N) is 1. The molecule has 1 aromatic rings. The van der Waals surface area contributed by atoms with E-state index < -0.39 is 11.4 Å². The maximum Gasteiger partial charge on any atom is 0.325 e. The zero-order valence-electron chi connectivity index (χ0n) is 7.01. The van der Waals surface area contributed by atoms with Gasteiger partial charge in [0.25, 0.3) is 0 Å². The van der Waals surface area contributed by atoms with E-state index in [0.717, 1.165) is 0 Å². The van der Waals surface area contributed by atoms with E-state index in [0.29, 0.717) is 11.2 Å². The molecule has 0 fully saturated rings. The molecule has 1 N–H and O–H groups in total. The Hall–Kier alpha value is -0.845. The molecule has 0 heterocycles. The molecule has 1 aromatic carbocycles. The summed E-state index contributed by atoms with van der Waals surface area (Å²) in [4.78, 5) is 0. The van der Waals surface area contributed by atoms with Crippen molar-refractivity contribution in [3.63, 3.8) is 0 Å². The minimum Gasteiger partial charge on any atom is -0.282 e. The lowest BCUT2D eigenvalue weighted by atomic mass is 9.96. The molecule has 0 aliphatic heterocycles. The van der Waals surface area contributed by atoms with Crippen molar-refractivity contribution in [3.8, 4) is 0 Å². The summed E-state index contributed by atoms with van der Waals surface area (Å²) in [6, 6.07) is 6.79. The minimum absolute atomic E-state index is 0.566. The Morgan fingerprint density at radius 1 is 1.62 bits per heavy atom. The van der Waals surface area contributed by atoms with Gasteiger partial charge >= 0.3 is 11.4 Å². The molecule has 0 aliphatic carbocycles. The summed E-state index contributed by atoms with van der Waals surface area (Å²) < 4.78 is 23.2. The smallest absolute Gasteiger partial charge is 0.282 e. The second kappa shape index (κ2) is 4.41. The van der Waals surface area contributed by atoms with Crippen LogP contribution in [-0.2, 0) is 15.6 Å². The second-order valence-corrected chi connectivity index (χ2v) is 2.97. The molecule has 13 heavy (non-hydrogen) atoms. The van der Waals surface area contributed by atoms with Crippen LogP contribution < -0.4 is 10.5 Å². The number of hydroxylamine groups is 1. The molecular formula is C7H8BNO3S. The van der Waals surface area contributed by atoms with Gasteiger partial charge in [0, 0.05) is 7.05 Å². The fourth-order valence-corrected chi connectivity index (χ4v) is 1.14. The predicted octanol–water partition coefficient (Wildman–Crippen LogP) is -0.0151. The minimum atomic E-state index is -2.32. The molecule has 0 aromatic heterocycles. The van der Waals surface area contributed by atoms with Gasteiger partial charge < -0.3 is 0 Å². The molecule has 0 aliphatic rings. The zero-order chi connectivity index (χ0) is 9.84. The van der Waals surface area contributed by atoms with Gasteiger partial charge in [0.2, 0.25) is 0 Å². The standard InChI is InChI=1S/C7H8BNO3S/c1-9(12-13(10)11)7-4-2-3-6(8)5-7/h2-5H,1H3,(H,10,11). The normalized spacial score (nSPS) is 12.5. The maximum atomic E-state index is 10.3. The molecule has 1 unspecified atom stereocenters. The average molecular weight is 197 g/mol. The van der Waals surface area contributed by atoms with E-state index in [-0.39, 0.29) is 0 Å². The Labute approximate surface area is 80.4 Å². The lowest BCUT2D eigenvalue weighted by Crippen LogP contribution is -2.20. The van der Waals surface area contributed by atoms with E-state index >= 15 is 0 Å². The van der Waals surface area contributed by atoms with Crippen molar-refractivity contribution in [2.75, 3.05) is 12.1 Å². The van der Waals surface area contributed by atoms with Crippen molar-refractivity contribution in [2.24, 2.45) is 0 Å². The first-order valence-corrected chi connectivity index (χ1v) is 4.51. The van der Waals surface area contributed by atoms with Crippen LogP contribution in [0.1, 0.15) is 0 Å². The maximum absolute atomic E-state index is 10.3. The quantitative estimate of drug-likeness (QED) is 0.420. The van der Waals surface area contributed by atoms with Gasteiger partial charge in [0.05, 0.1) is 5.69 Å². The highest BCUT2D eigenvalue weighted by Gasteiger charge is 2.03. The van der Waals surface area contributed by atoms with Gasteiger partial charge in [-0.05, 0) is 12.1 Å². The van der Waals surface area contributed by atoms with Gasteiger partial charge in [-0.1, -0.05) is 17.6 Å². The van der Waals surface area contributed by atoms with Crippen LogP contribution in [0.5, 0.6) is 0 Å². The Kier molecular flexibility index (Phi) is 3.47. The first-order chi connectivity index (χ1) is 6.09. The van der Waals surface area contributed by atoms with Crippen LogP contribution >= 0.6 is 0 Å². The van der Waals surface area contributed by atoms with Crippen LogP contribution in [0, 0.1) is 0 Å². The molecule has 0 saturated carbocycles. The molecule has 1 rings (SSSR count). The molecular weight excluding hydrogens is 189 g/mol. The highest BCUT2D eigenvalue weighted by atomic mass is 32.2. The van der Waals surface area contributed by atoms with Crippen LogP contribution in [0.25, 0.3) is 0 Å². The van der Waals surface area contributed by atoms with E-state index in [1.807, 2.05) is 0 Å². The van der Waals surface area contributed by atoms with Crippen molar-refractivity contribution in [2.45, 2.75) is 0 Å². The fourth-order valence-electron chi connectivity index (χ4n) is 0.859. The summed E-state index contributed by atoms with van der Waals surface area (Å²) in [5.74, 6) is 0. The van der Waals surface area contributed by atoms with Crippen LogP contribution in [0.3, 0.4) is 0 Å². The molecule has 0 saturated heterocycles. The summed E-state index contributed by atoms with van der Waals surface area (Å²) in [6.07, 6.45) is 0. The van der Waals surface area contributed by atoms with E-state index in [1.165, 1.54) is 12.1 Å². The molecule has 0 amide bonds. The lowest BCUT2D eigenvalue weighted by molar-refractivity contribution is 0.295. The molecule has 4 nitrogen and oxygen atoms in total. The largest absolute Gasteiger partial charge is 0.325 e. The Morgan fingerprint density at radius 2 is 2.31 bits per heavy atom. The highest BCUT2D eigenvalue weighted by Crippen LogP contribution is 2.09. The summed E-state index contributed by atoms with van der Waals surface area (Å²) >= 11 is -2.32. The first-order valence-electron chi connectivity index (χ1n) is 3.48. The van der Waals surface area contributed by atoms with Gasteiger partial charge in [-0.3, -0.25) is 4.55 Å². The highest BCUT2D eigenvalue weighted by molar-refractivity contribution is 7.74. The number of benzene rings is 1. The molecule has 0 bridgehead atoms. The van der Waals surface area contributed by atoms with Crippen LogP contribution in [0.4, 0.5) is 5.69 Å². The van der Waals surface area contributed by atoms with Gasteiger partial charge in [0.1, 0.15) is 7.85 Å². The van der Waals surface area contributed by atoms with Crippen LogP contribution in [0.2, 0.25) is 0 Å². The monoisotopic (exact) mass is 197 g/mol. The third kappa shape index (κ3) is 3.18. The molecule has 6 heteroatoms. The summed E-state index contributed by atoms with van der Waals surface area (Å²) in [5.41, 5.74) is 1.18. The van der Waals surface area contributed by atoms with Crippen LogP contribution in [-0.4, -0.2) is 23.7 Å². The molecule has 2 radical (unpaired) electrons. The lowest BCUT2D eigenvalue weighted by Gasteiger charge is -2.15. The summed E-state index contributed by atoms with van der Waals surface area (Å²) in [7, 11) is 7.02. The van der Waals surface area contributed by atoms with E-state index in [1.54, 1.807) is 24.3 Å². The number of anilines is 1. The van der Waals surface area contributed by atoms with Gasteiger partial charge in [-0.15, -0.1) is 4.28 Å². The van der Waals surface area contributed by atoms with Crippen molar-refractivity contribution < 1.29 is 13.0 Å². The Bertz CT molecular complexity index is 320. The Balaban J connectivity index is 2.76. The fraction of sp³-hybridized carbons (Fsp3) is 0.143. The second-order valence-electron chi connectivity index (χ2n) is 2.38. The van der Waals surface area contributed by atoms with Crippen molar-refractivity contribution in [1.29, 1.82) is 0 Å². The Morgan fingerprint density at radius 3 is 2.85 bits per heavy atom. The predicted molar refractivity (Wildman–Crippen MR) is 52.1 cm³/mol. The summed E-state index contributed by atoms with van der Waals surface area (Å²) in [5, 5.41) is 1.17. The van der Waals surface area contributed by atoms with Gasteiger partial charge in [-0.2, -0.15) is 4.21 Å². The SMILES string of the molecule is [B]c1cccc(N(C)OS(=O)O)c1. The first kappa shape index (κ1) is 10.2. The van der Waals surface area contributed by atoms with E-state index in [9.17, 15) is 4.21 Å². The topological polar surface area (TPSA) is 49.8 Å². The van der Waals surface area contributed by atoms with Crippen molar-refractivity contribution in [3.05, 3.63) is 24.3 Å². The van der Waals surface area contributed by atoms with E-state index in [4.69, 9.17) is 12.4 Å². The van der Waals surface area contributed by atoms with Crippen molar-refractivity contribution >= 4 is 30.4 Å². The number of hydrogen-bond acceptors (Lipinski definition) is 3. The molecule has 0 spiro atoms.